The zero-order chi connectivity index (χ0) is 22.3. The Labute approximate surface area is 197 Å². The van der Waals surface area contributed by atoms with Crippen LogP contribution in [0.25, 0.3) is 11.3 Å². The highest BCUT2D eigenvalue weighted by atomic mass is 15.3. The minimum atomic E-state index is 0.612. The van der Waals surface area contributed by atoms with Gasteiger partial charge in [0.05, 0.1) is 11.4 Å². The molecular formula is C27H38N6. The van der Waals surface area contributed by atoms with Crippen LogP contribution in [0.5, 0.6) is 0 Å². The topological polar surface area (TPSA) is 50.1 Å². The fourth-order valence-electron chi connectivity index (χ4n) is 9.18. The number of hydrogen-bond acceptors (Lipinski definition) is 5. The van der Waals surface area contributed by atoms with Crippen LogP contribution in [0, 0.1) is 42.9 Å². The SMILES string of the molecule is Cc1nn(C)c(C)c1-c1ccc(N2CCC3CN(CC45CC6CC(CC(C6)C4)C5)CC32)nn1. The van der Waals surface area contributed by atoms with Crippen LogP contribution in [0.3, 0.4) is 0 Å². The van der Waals surface area contributed by atoms with Crippen LogP contribution in [0.2, 0.25) is 0 Å². The molecule has 2 aliphatic heterocycles. The molecule has 6 aliphatic rings. The van der Waals surface area contributed by atoms with Crippen LogP contribution in [0.4, 0.5) is 5.82 Å². The van der Waals surface area contributed by atoms with Gasteiger partial charge in [0.1, 0.15) is 0 Å². The average Bonchev–Trinajstić information content (AvgIpc) is 3.40. The molecule has 0 N–H and O–H groups in total. The van der Waals surface area contributed by atoms with E-state index in [2.05, 4.69) is 46.0 Å². The van der Waals surface area contributed by atoms with Crippen molar-refractivity contribution in [2.24, 2.45) is 36.1 Å². The Morgan fingerprint density at radius 1 is 0.970 bits per heavy atom. The van der Waals surface area contributed by atoms with E-state index in [0.717, 1.165) is 58.7 Å². The molecule has 33 heavy (non-hydrogen) atoms. The van der Waals surface area contributed by atoms with Crippen molar-refractivity contribution >= 4 is 5.82 Å². The quantitative estimate of drug-likeness (QED) is 0.704. The first-order chi connectivity index (χ1) is 16.0. The molecule has 176 valence electrons. The molecule has 4 aliphatic carbocycles. The van der Waals surface area contributed by atoms with Crippen LogP contribution >= 0.6 is 0 Å². The molecule has 2 unspecified atom stereocenters. The number of aromatic nitrogens is 4. The number of likely N-dealkylation sites (tertiary alicyclic amines) is 1. The van der Waals surface area contributed by atoms with E-state index in [-0.39, 0.29) is 0 Å². The zero-order valence-corrected chi connectivity index (χ0v) is 20.5. The Morgan fingerprint density at radius 2 is 1.70 bits per heavy atom. The van der Waals surface area contributed by atoms with Gasteiger partial charge in [-0.3, -0.25) is 4.68 Å². The van der Waals surface area contributed by atoms with Crippen LogP contribution in [0.15, 0.2) is 12.1 Å². The Hall–Kier alpha value is -1.95. The van der Waals surface area contributed by atoms with Gasteiger partial charge >= 0.3 is 0 Å². The monoisotopic (exact) mass is 446 g/mol. The third kappa shape index (κ3) is 3.27. The summed E-state index contributed by atoms with van der Waals surface area (Å²) in [6, 6.07) is 4.95. The van der Waals surface area contributed by atoms with Gasteiger partial charge in [0.15, 0.2) is 5.82 Å². The Balaban J connectivity index is 1.06. The largest absolute Gasteiger partial charge is 0.351 e. The summed E-state index contributed by atoms with van der Waals surface area (Å²) < 4.78 is 1.93. The lowest BCUT2D eigenvalue weighted by molar-refractivity contribution is -0.0670. The van der Waals surface area contributed by atoms with Crippen molar-refractivity contribution < 1.29 is 0 Å². The lowest BCUT2D eigenvalue weighted by Gasteiger charge is -2.57. The molecule has 0 radical (unpaired) electrons. The second kappa shape index (κ2) is 7.27. The van der Waals surface area contributed by atoms with Gasteiger partial charge in [-0.25, -0.2) is 0 Å². The highest BCUT2D eigenvalue weighted by Crippen LogP contribution is 2.60. The molecule has 4 heterocycles. The predicted octanol–water partition coefficient (Wildman–Crippen LogP) is 4.22. The Kier molecular flexibility index (Phi) is 4.50. The first-order valence-corrected chi connectivity index (χ1v) is 13.3. The van der Waals surface area contributed by atoms with Gasteiger partial charge in [0, 0.05) is 50.5 Å². The number of aryl methyl sites for hydroxylation is 2. The molecule has 8 rings (SSSR count). The first-order valence-electron chi connectivity index (χ1n) is 13.3. The van der Waals surface area contributed by atoms with Crippen molar-refractivity contribution in [3.63, 3.8) is 0 Å². The minimum absolute atomic E-state index is 0.612. The molecule has 0 spiro atoms. The fourth-order valence-corrected chi connectivity index (χ4v) is 9.18. The first kappa shape index (κ1) is 20.4. The molecular weight excluding hydrogens is 408 g/mol. The summed E-state index contributed by atoms with van der Waals surface area (Å²) in [7, 11) is 1.99. The third-order valence-electron chi connectivity index (χ3n) is 10.1. The molecule has 6 fully saturated rings. The maximum Gasteiger partial charge on any atom is 0.151 e. The van der Waals surface area contributed by atoms with E-state index in [1.165, 1.54) is 45.3 Å². The van der Waals surface area contributed by atoms with E-state index in [4.69, 9.17) is 5.10 Å². The molecule has 2 aromatic rings. The van der Waals surface area contributed by atoms with Crippen molar-refractivity contribution in [2.45, 2.75) is 64.8 Å². The van der Waals surface area contributed by atoms with Gasteiger partial charge in [-0.15, -0.1) is 10.2 Å². The van der Waals surface area contributed by atoms with Gasteiger partial charge in [-0.05, 0) is 100 Å². The molecule has 4 saturated carbocycles. The van der Waals surface area contributed by atoms with E-state index >= 15 is 0 Å². The second-order valence-corrected chi connectivity index (χ2v) is 12.4. The molecule has 2 atom stereocenters. The van der Waals surface area contributed by atoms with Crippen LogP contribution < -0.4 is 4.90 Å². The zero-order valence-electron chi connectivity index (χ0n) is 20.5. The minimum Gasteiger partial charge on any atom is -0.351 e. The summed E-state index contributed by atoms with van der Waals surface area (Å²) >= 11 is 0. The summed E-state index contributed by atoms with van der Waals surface area (Å²) in [5, 5.41) is 13.9. The van der Waals surface area contributed by atoms with Crippen LogP contribution in [-0.4, -0.2) is 57.1 Å². The number of fused-ring (bicyclic) bond motifs is 1. The number of hydrogen-bond donors (Lipinski definition) is 0. The van der Waals surface area contributed by atoms with E-state index < -0.39 is 0 Å². The van der Waals surface area contributed by atoms with Crippen molar-refractivity contribution in [2.75, 3.05) is 31.1 Å². The molecule has 6 heteroatoms. The summed E-state index contributed by atoms with van der Waals surface area (Å²) in [6.07, 6.45) is 10.5. The van der Waals surface area contributed by atoms with Gasteiger partial charge in [0.25, 0.3) is 0 Å². The standard InChI is InChI=1S/C27H38N6/c1-17-26(18(2)31(3)30-17)23-4-5-25(29-28-23)33-7-6-22-14-32(15-24(22)33)16-27-11-19-8-20(12-27)10-21(9-19)13-27/h4-5,19-22,24H,6-16H2,1-3H3. The maximum atomic E-state index is 4.71. The van der Waals surface area contributed by atoms with Crippen LogP contribution in [-0.2, 0) is 7.05 Å². The van der Waals surface area contributed by atoms with E-state index in [1.54, 1.807) is 19.3 Å². The molecule has 2 saturated heterocycles. The highest BCUT2D eigenvalue weighted by molar-refractivity contribution is 5.65. The highest BCUT2D eigenvalue weighted by Gasteiger charge is 2.52. The normalized spacial score (nSPS) is 37.3. The molecule has 0 aromatic carbocycles. The molecule has 0 amide bonds. The van der Waals surface area contributed by atoms with Crippen molar-refractivity contribution in [1.82, 2.24) is 24.9 Å². The summed E-state index contributed by atoms with van der Waals surface area (Å²) in [5.41, 5.74) is 4.88. The molecule has 4 bridgehead atoms. The number of nitrogens with zero attached hydrogens (tertiary/aromatic N) is 6. The summed E-state index contributed by atoms with van der Waals surface area (Å²) in [6.45, 7) is 9.16. The lowest BCUT2D eigenvalue weighted by Crippen LogP contribution is -2.51. The maximum absolute atomic E-state index is 4.71. The lowest BCUT2D eigenvalue weighted by atomic mass is 9.49. The fraction of sp³-hybridized carbons (Fsp3) is 0.741. The Bertz CT molecular complexity index is 1020. The third-order valence-corrected chi connectivity index (χ3v) is 10.1. The van der Waals surface area contributed by atoms with E-state index in [0.29, 0.717) is 11.5 Å². The number of anilines is 1. The van der Waals surface area contributed by atoms with Crippen LogP contribution in [0.1, 0.15) is 56.3 Å². The van der Waals surface area contributed by atoms with Gasteiger partial charge in [-0.1, -0.05) is 0 Å². The van der Waals surface area contributed by atoms with Gasteiger partial charge in [-0.2, -0.15) is 5.10 Å². The van der Waals surface area contributed by atoms with E-state index in [1.807, 2.05) is 11.7 Å². The number of rotatable bonds is 4. The predicted molar refractivity (Wildman–Crippen MR) is 130 cm³/mol. The molecule has 6 nitrogen and oxygen atoms in total. The average molecular weight is 447 g/mol. The van der Waals surface area contributed by atoms with Gasteiger partial charge in [0.2, 0.25) is 0 Å². The van der Waals surface area contributed by atoms with Crippen molar-refractivity contribution in [3.05, 3.63) is 23.5 Å². The second-order valence-electron chi connectivity index (χ2n) is 12.4. The Morgan fingerprint density at radius 3 is 2.30 bits per heavy atom. The smallest absolute Gasteiger partial charge is 0.151 e. The molecule has 2 aromatic heterocycles. The van der Waals surface area contributed by atoms with Crippen molar-refractivity contribution in [1.29, 1.82) is 0 Å². The summed E-state index contributed by atoms with van der Waals surface area (Å²) in [5.74, 6) is 5.01. The summed E-state index contributed by atoms with van der Waals surface area (Å²) in [4.78, 5) is 5.41. The van der Waals surface area contributed by atoms with Crippen molar-refractivity contribution in [3.8, 4) is 11.3 Å². The van der Waals surface area contributed by atoms with Gasteiger partial charge < -0.3 is 9.80 Å². The van der Waals surface area contributed by atoms with E-state index in [9.17, 15) is 0 Å².